The second kappa shape index (κ2) is 3.66. The van der Waals surface area contributed by atoms with Gasteiger partial charge >= 0.3 is 0 Å². The van der Waals surface area contributed by atoms with E-state index in [1.165, 1.54) is 25.7 Å². The van der Waals surface area contributed by atoms with Gasteiger partial charge in [0.05, 0.1) is 0 Å². The summed E-state index contributed by atoms with van der Waals surface area (Å²) in [6.07, 6.45) is 7.63. The molecule has 7 unspecified atom stereocenters. The summed E-state index contributed by atoms with van der Waals surface area (Å²) in [6, 6.07) is 0. The van der Waals surface area contributed by atoms with E-state index in [-0.39, 0.29) is 0 Å². The summed E-state index contributed by atoms with van der Waals surface area (Å²) in [7, 11) is 0. The molecular formula is C20H34. The molecule has 0 aromatic rings. The van der Waals surface area contributed by atoms with Crippen LogP contribution in [0.25, 0.3) is 0 Å². The normalized spacial score (nSPS) is 58.5. The van der Waals surface area contributed by atoms with Crippen LogP contribution in [-0.2, 0) is 0 Å². The fraction of sp³-hybridized carbons (Fsp3) is 1.00. The van der Waals surface area contributed by atoms with Gasteiger partial charge in [0.2, 0.25) is 0 Å². The highest BCUT2D eigenvalue weighted by Gasteiger charge is 2.68. The SMILES string of the molecule is CC1C(C2CC3CCC2(C)C3(C)C)C2CCC1C2(C)C. The van der Waals surface area contributed by atoms with Crippen LogP contribution in [0.1, 0.15) is 73.6 Å². The van der Waals surface area contributed by atoms with E-state index in [2.05, 4.69) is 41.5 Å². The molecule has 20 heavy (non-hydrogen) atoms. The standard InChI is InChI=1S/C20H34/c1-12-14-7-8-15(18(14,2)3)17(12)16-11-13-9-10-20(16,6)19(13,4)5/h12-17H,7-11H2,1-6H3. The monoisotopic (exact) mass is 274 g/mol. The van der Waals surface area contributed by atoms with Crippen LogP contribution < -0.4 is 0 Å². The summed E-state index contributed by atoms with van der Waals surface area (Å²) in [6.45, 7) is 15.6. The number of fused-ring (bicyclic) bond motifs is 4. The molecule has 0 aromatic heterocycles. The zero-order valence-corrected chi connectivity index (χ0v) is 14.5. The molecule has 4 saturated carbocycles. The van der Waals surface area contributed by atoms with Gasteiger partial charge in [-0.25, -0.2) is 0 Å². The fourth-order valence-electron chi connectivity index (χ4n) is 8.14. The molecule has 0 amide bonds. The molecule has 0 aromatic carbocycles. The Kier molecular flexibility index (Phi) is 2.50. The highest BCUT2D eigenvalue weighted by atomic mass is 14.7. The predicted octanol–water partition coefficient (Wildman–Crippen LogP) is 5.77. The van der Waals surface area contributed by atoms with E-state index < -0.39 is 0 Å². The molecule has 0 radical (unpaired) electrons. The largest absolute Gasteiger partial charge is 0.0619 e. The van der Waals surface area contributed by atoms with E-state index in [1.54, 1.807) is 6.42 Å². The Hall–Kier alpha value is 0. The van der Waals surface area contributed by atoms with Crippen molar-refractivity contribution in [3.63, 3.8) is 0 Å². The Labute approximate surface area is 126 Å². The van der Waals surface area contributed by atoms with E-state index in [4.69, 9.17) is 0 Å². The third-order valence-corrected chi connectivity index (χ3v) is 9.73. The average Bonchev–Trinajstić information content (AvgIpc) is 2.90. The van der Waals surface area contributed by atoms with E-state index in [0.29, 0.717) is 16.2 Å². The summed E-state index contributed by atoms with van der Waals surface area (Å²) in [4.78, 5) is 0. The molecule has 0 spiro atoms. The minimum Gasteiger partial charge on any atom is -0.0619 e. The maximum Gasteiger partial charge on any atom is -0.0241 e. The molecule has 4 bridgehead atoms. The highest BCUT2D eigenvalue weighted by molar-refractivity contribution is 5.16. The lowest BCUT2D eigenvalue weighted by atomic mass is 9.59. The van der Waals surface area contributed by atoms with Crippen molar-refractivity contribution in [2.24, 2.45) is 51.8 Å². The Morgan fingerprint density at radius 2 is 1.45 bits per heavy atom. The number of hydrogen-bond donors (Lipinski definition) is 0. The van der Waals surface area contributed by atoms with E-state index in [1.807, 2.05) is 0 Å². The van der Waals surface area contributed by atoms with Crippen LogP contribution in [0.4, 0.5) is 0 Å². The molecule has 4 aliphatic rings. The van der Waals surface area contributed by atoms with Crippen molar-refractivity contribution in [3.8, 4) is 0 Å². The van der Waals surface area contributed by atoms with E-state index in [9.17, 15) is 0 Å². The molecule has 114 valence electrons. The minimum absolute atomic E-state index is 0.601. The van der Waals surface area contributed by atoms with Gasteiger partial charge in [0, 0.05) is 0 Å². The first-order chi connectivity index (χ1) is 9.21. The first-order valence-corrected chi connectivity index (χ1v) is 9.21. The predicted molar refractivity (Wildman–Crippen MR) is 85.4 cm³/mol. The fourth-order valence-corrected chi connectivity index (χ4v) is 8.14. The summed E-state index contributed by atoms with van der Waals surface area (Å²) in [5, 5.41) is 0. The molecule has 0 nitrogen and oxygen atoms in total. The Morgan fingerprint density at radius 1 is 0.800 bits per heavy atom. The molecule has 7 atom stereocenters. The Balaban J connectivity index is 1.71. The van der Waals surface area contributed by atoms with Crippen LogP contribution in [0.15, 0.2) is 0 Å². The molecule has 4 rings (SSSR count). The second-order valence-electron chi connectivity index (χ2n) is 10.3. The van der Waals surface area contributed by atoms with Gasteiger partial charge in [0.1, 0.15) is 0 Å². The zero-order chi connectivity index (χ0) is 14.5. The molecule has 4 aliphatic carbocycles. The number of hydrogen-bond acceptors (Lipinski definition) is 0. The van der Waals surface area contributed by atoms with Crippen molar-refractivity contribution in [1.29, 1.82) is 0 Å². The van der Waals surface area contributed by atoms with Gasteiger partial charge in [0.15, 0.2) is 0 Å². The summed E-state index contributed by atoms with van der Waals surface area (Å²) in [5.74, 6) is 6.12. The number of rotatable bonds is 1. The summed E-state index contributed by atoms with van der Waals surface area (Å²) >= 11 is 0. The highest BCUT2D eigenvalue weighted by Crippen LogP contribution is 2.75. The lowest BCUT2D eigenvalue weighted by Crippen LogP contribution is -2.40. The van der Waals surface area contributed by atoms with Gasteiger partial charge in [-0.2, -0.15) is 0 Å². The topological polar surface area (TPSA) is 0 Å². The first-order valence-electron chi connectivity index (χ1n) is 9.21. The van der Waals surface area contributed by atoms with Crippen LogP contribution >= 0.6 is 0 Å². The van der Waals surface area contributed by atoms with Crippen molar-refractivity contribution in [2.75, 3.05) is 0 Å². The van der Waals surface area contributed by atoms with Crippen LogP contribution in [0.5, 0.6) is 0 Å². The van der Waals surface area contributed by atoms with E-state index >= 15 is 0 Å². The summed E-state index contributed by atoms with van der Waals surface area (Å²) < 4.78 is 0. The maximum atomic E-state index is 2.66. The molecule has 0 N–H and O–H groups in total. The van der Waals surface area contributed by atoms with Gasteiger partial charge in [-0.05, 0) is 83.9 Å². The second-order valence-corrected chi connectivity index (χ2v) is 10.3. The van der Waals surface area contributed by atoms with Crippen molar-refractivity contribution in [1.82, 2.24) is 0 Å². The maximum absolute atomic E-state index is 2.66. The molecule has 0 heterocycles. The van der Waals surface area contributed by atoms with Crippen molar-refractivity contribution >= 4 is 0 Å². The van der Waals surface area contributed by atoms with Crippen molar-refractivity contribution in [3.05, 3.63) is 0 Å². The third kappa shape index (κ3) is 1.27. The smallest absolute Gasteiger partial charge is 0.0241 e. The minimum atomic E-state index is 0.601. The third-order valence-electron chi connectivity index (χ3n) is 9.73. The van der Waals surface area contributed by atoms with E-state index in [0.717, 1.165) is 35.5 Å². The Morgan fingerprint density at radius 3 is 1.90 bits per heavy atom. The lowest BCUT2D eigenvalue weighted by Gasteiger charge is -2.46. The van der Waals surface area contributed by atoms with Gasteiger partial charge in [-0.15, -0.1) is 0 Å². The van der Waals surface area contributed by atoms with Gasteiger partial charge in [0.25, 0.3) is 0 Å². The van der Waals surface area contributed by atoms with Gasteiger partial charge in [-0.1, -0.05) is 41.5 Å². The quantitative estimate of drug-likeness (QED) is 0.569. The van der Waals surface area contributed by atoms with Gasteiger partial charge in [-0.3, -0.25) is 0 Å². The van der Waals surface area contributed by atoms with Crippen molar-refractivity contribution in [2.45, 2.75) is 73.6 Å². The van der Waals surface area contributed by atoms with Gasteiger partial charge < -0.3 is 0 Å². The van der Waals surface area contributed by atoms with Crippen LogP contribution in [0, 0.1) is 51.8 Å². The molecule has 4 fully saturated rings. The summed E-state index contributed by atoms with van der Waals surface area (Å²) in [5.41, 5.74) is 1.87. The molecule has 0 aliphatic heterocycles. The molecule has 0 heteroatoms. The Bertz CT molecular complexity index is 431. The molecule has 0 saturated heterocycles. The van der Waals surface area contributed by atoms with Crippen LogP contribution in [0.2, 0.25) is 0 Å². The average molecular weight is 274 g/mol. The van der Waals surface area contributed by atoms with Crippen molar-refractivity contribution < 1.29 is 0 Å². The lowest BCUT2D eigenvalue weighted by molar-refractivity contribution is 0.0214. The van der Waals surface area contributed by atoms with Crippen LogP contribution in [-0.4, -0.2) is 0 Å². The first kappa shape index (κ1) is 13.6. The zero-order valence-electron chi connectivity index (χ0n) is 14.5. The van der Waals surface area contributed by atoms with Crippen LogP contribution in [0.3, 0.4) is 0 Å². The molecular weight excluding hydrogens is 240 g/mol.